The van der Waals surface area contributed by atoms with Crippen LogP contribution in [0, 0.1) is 13.8 Å². The van der Waals surface area contributed by atoms with Gasteiger partial charge in [-0.05, 0) is 46.5 Å². The van der Waals surface area contributed by atoms with Crippen LogP contribution in [0.5, 0.6) is 0 Å². The van der Waals surface area contributed by atoms with Crippen LogP contribution in [0.3, 0.4) is 0 Å². The van der Waals surface area contributed by atoms with Crippen molar-refractivity contribution in [3.8, 4) is 0 Å². The molecule has 0 aliphatic carbocycles. The predicted molar refractivity (Wildman–Crippen MR) is 117 cm³/mol. The normalized spacial score (nSPS) is 10.6. The van der Waals surface area contributed by atoms with Crippen molar-refractivity contribution in [1.29, 1.82) is 0 Å². The lowest BCUT2D eigenvalue weighted by Crippen LogP contribution is -2.35. The highest BCUT2D eigenvalue weighted by Gasteiger charge is 2.21. The summed E-state index contributed by atoms with van der Waals surface area (Å²) in [4.78, 5) is 26.7. The Kier molecular flexibility index (Phi) is 6.49. The molecule has 0 spiro atoms. The number of para-hydroxylation sites is 1. The van der Waals surface area contributed by atoms with Crippen molar-refractivity contribution >= 4 is 33.4 Å². The number of likely N-dealkylation sites (N-methyl/N-ethyl adjacent to an activating group) is 1. The Hall–Kier alpha value is -2.93. The summed E-state index contributed by atoms with van der Waals surface area (Å²) in [6.45, 7) is 4.37. The van der Waals surface area contributed by atoms with Gasteiger partial charge in [-0.15, -0.1) is 0 Å². The zero-order chi connectivity index (χ0) is 21.0. The van der Waals surface area contributed by atoms with Crippen LogP contribution >= 0.6 is 15.9 Å². The van der Waals surface area contributed by atoms with Gasteiger partial charge in [-0.2, -0.15) is 5.10 Å². The van der Waals surface area contributed by atoms with E-state index in [1.807, 2.05) is 62.4 Å². The second-order valence-electron chi connectivity index (χ2n) is 6.97. The second kappa shape index (κ2) is 9.05. The summed E-state index contributed by atoms with van der Waals surface area (Å²) in [6, 6.07) is 15.7. The Labute approximate surface area is 178 Å². The molecule has 6 nitrogen and oxygen atoms in total. The third-order valence-corrected chi connectivity index (χ3v) is 5.49. The van der Waals surface area contributed by atoms with E-state index in [0.717, 1.165) is 22.4 Å². The highest BCUT2D eigenvalue weighted by Crippen LogP contribution is 2.21. The van der Waals surface area contributed by atoms with Crippen LogP contribution in [0.2, 0.25) is 0 Å². The largest absolute Gasteiger partial charge is 0.332 e. The lowest BCUT2D eigenvalue weighted by Gasteiger charge is -2.18. The van der Waals surface area contributed by atoms with E-state index in [9.17, 15) is 9.59 Å². The van der Waals surface area contributed by atoms with Crippen LogP contribution in [-0.4, -0.2) is 40.1 Å². The number of amides is 2. The molecule has 0 fully saturated rings. The topological polar surface area (TPSA) is 67.2 Å². The van der Waals surface area contributed by atoms with E-state index in [-0.39, 0.29) is 18.4 Å². The average molecular weight is 455 g/mol. The summed E-state index contributed by atoms with van der Waals surface area (Å²) in [5, 5.41) is 7.21. The average Bonchev–Trinajstić information content (AvgIpc) is 3.05. The Morgan fingerprint density at radius 3 is 2.38 bits per heavy atom. The molecule has 7 heteroatoms. The van der Waals surface area contributed by atoms with Crippen molar-refractivity contribution in [2.24, 2.45) is 0 Å². The number of carbonyl (C=O) groups is 2. The van der Waals surface area contributed by atoms with Gasteiger partial charge in [-0.3, -0.25) is 14.3 Å². The van der Waals surface area contributed by atoms with Crippen LogP contribution in [0.1, 0.15) is 27.0 Å². The number of halogens is 1. The number of anilines is 1. The van der Waals surface area contributed by atoms with E-state index in [2.05, 4.69) is 26.3 Å². The molecule has 2 aromatic carbocycles. The minimum absolute atomic E-state index is 0.0527. The summed E-state index contributed by atoms with van der Waals surface area (Å²) in [7, 11) is 1.60. The van der Waals surface area contributed by atoms with Gasteiger partial charge in [0, 0.05) is 12.7 Å². The third-order valence-electron chi connectivity index (χ3n) is 4.65. The lowest BCUT2D eigenvalue weighted by molar-refractivity contribution is -0.116. The second-order valence-corrected chi connectivity index (χ2v) is 7.72. The molecule has 0 radical (unpaired) electrons. The van der Waals surface area contributed by atoms with Crippen LogP contribution < -0.4 is 5.32 Å². The number of hydrogen-bond acceptors (Lipinski definition) is 3. The molecule has 3 aromatic rings. The molecule has 0 aliphatic rings. The van der Waals surface area contributed by atoms with Crippen LogP contribution in [0.25, 0.3) is 0 Å². The van der Waals surface area contributed by atoms with Gasteiger partial charge in [-0.25, -0.2) is 0 Å². The van der Waals surface area contributed by atoms with E-state index >= 15 is 0 Å². The number of nitrogens with zero attached hydrogens (tertiary/aromatic N) is 3. The number of benzene rings is 2. The number of carbonyl (C=O) groups excluding carboxylic acids is 2. The molecule has 0 bridgehead atoms. The Bertz CT molecular complexity index is 1010. The first kappa shape index (κ1) is 20.8. The molecule has 29 heavy (non-hydrogen) atoms. The van der Waals surface area contributed by atoms with E-state index < -0.39 is 0 Å². The third kappa shape index (κ3) is 4.92. The molecule has 0 unspecified atom stereocenters. The molecule has 1 N–H and O–H groups in total. The number of aromatic nitrogens is 2. The highest BCUT2D eigenvalue weighted by molar-refractivity contribution is 9.10. The minimum Gasteiger partial charge on any atom is -0.332 e. The monoisotopic (exact) mass is 454 g/mol. The fraction of sp³-hybridized carbons (Fsp3) is 0.227. The molecule has 1 aromatic heterocycles. The number of rotatable bonds is 6. The summed E-state index contributed by atoms with van der Waals surface area (Å²) in [5.41, 5.74) is 4.25. The van der Waals surface area contributed by atoms with Gasteiger partial charge >= 0.3 is 0 Å². The smallest absolute Gasteiger partial charge is 0.258 e. The molecule has 0 aliphatic heterocycles. The van der Waals surface area contributed by atoms with Crippen molar-refractivity contribution in [2.75, 3.05) is 18.9 Å². The number of hydrogen-bond donors (Lipinski definition) is 1. The first-order valence-corrected chi connectivity index (χ1v) is 10.0. The standard InChI is InChI=1S/C22H23BrN4O2/c1-15-8-7-9-16(2)20(15)25-19(28)14-26(3)22(29)18-12-24-27(21(18)23)13-17-10-5-4-6-11-17/h4-12H,13-14H2,1-3H3,(H,25,28). The van der Waals surface area contributed by atoms with Gasteiger partial charge in [-0.1, -0.05) is 48.5 Å². The van der Waals surface area contributed by atoms with Gasteiger partial charge < -0.3 is 10.2 Å². The zero-order valence-electron chi connectivity index (χ0n) is 16.6. The molecular formula is C22H23BrN4O2. The molecule has 0 saturated heterocycles. The van der Waals surface area contributed by atoms with Crippen LogP contribution in [-0.2, 0) is 11.3 Å². The maximum atomic E-state index is 12.8. The van der Waals surface area contributed by atoms with Crippen LogP contribution in [0.4, 0.5) is 5.69 Å². The van der Waals surface area contributed by atoms with Gasteiger partial charge in [0.05, 0.1) is 24.8 Å². The van der Waals surface area contributed by atoms with Crippen LogP contribution in [0.15, 0.2) is 59.3 Å². The predicted octanol–water partition coefficient (Wildman–Crippen LogP) is 4.02. The van der Waals surface area contributed by atoms with Gasteiger partial charge in [0.15, 0.2) is 0 Å². The van der Waals surface area contributed by atoms with Crippen molar-refractivity contribution in [3.63, 3.8) is 0 Å². The first-order chi connectivity index (χ1) is 13.9. The Balaban J connectivity index is 1.66. The summed E-state index contributed by atoms with van der Waals surface area (Å²) in [5.74, 6) is -0.515. The zero-order valence-corrected chi connectivity index (χ0v) is 18.2. The Morgan fingerprint density at radius 1 is 1.07 bits per heavy atom. The molecule has 1 heterocycles. The summed E-state index contributed by atoms with van der Waals surface area (Å²) >= 11 is 3.47. The molecule has 2 amide bonds. The van der Waals surface area contributed by atoms with Gasteiger partial charge in [0.25, 0.3) is 5.91 Å². The van der Waals surface area contributed by atoms with E-state index in [0.29, 0.717) is 16.7 Å². The maximum Gasteiger partial charge on any atom is 0.258 e. The maximum absolute atomic E-state index is 12.8. The van der Waals surface area contributed by atoms with Crippen molar-refractivity contribution in [3.05, 3.63) is 81.6 Å². The number of nitrogens with one attached hydrogen (secondary N) is 1. The number of aryl methyl sites for hydroxylation is 2. The molecule has 0 atom stereocenters. The molecule has 0 saturated carbocycles. The SMILES string of the molecule is Cc1cccc(C)c1NC(=O)CN(C)C(=O)c1cnn(Cc2ccccc2)c1Br. The summed E-state index contributed by atoms with van der Waals surface area (Å²) < 4.78 is 2.31. The quantitative estimate of drug-likeness (QED) is 0.611. The lowest BCUT2D eigenvalue weighted by atomic mass is 10.1. The van der Waals surface area contributed by atoms with Crippen molar-refractivity contribution in [2.45, 2.75) is 20.4 Å². The van der Waals surface area contributed by atoms with E-state index in [1.165, 1.54) is 11.1 Å². The fourth-order valence-corrected chi connectivity index (χ4v) is 3.55. The highest BCUT2D eigenvalue weighted by atomic mass is 79.9. The summed E-state index contributed by atoms with van der Waals surface area (Å²) in [6.07, 6.45) is 1.52. The van der Waals surface area contributed by atoms with E-state index in [1.54, 1.807) is 11.7 Å². The fourth-order valence-electron chi connectivity index (χ4n) is 3.06. The Morgan fingerprint density at radius 2 is 1.72 bits per heavy atom. The van der Waals surface area contributed by atoms with Crippen molar-refractivity contribution in [1.82, 2.24) is 14.7 Å². The first-order valence-electron chi connectivity index (χ1n) is 9.23. The van der Waals surface area contributed by atoms with Gasteiger partial charge in [0.2, 0.25) is 5.91 Å². The molecular weight excluding hydrogens is 432 g/mol. The minimum atomic E-state index is -0.271. The van der Waals surface area contributed by atoms with Gasteiger partial charge in [0.1, 0.15) is 4.60 Å². The molecule has 150 valence electrons. The van der Waals surface area contributed by atoms with E-state index in [4.69, 9.17) is 0 Å². The van der Waals surface area contributed by atoms with Crippen molar-refractivity contribution < 1.29 is 9.59 Å². The molecule has 3 rings (SSSR count).